The Morgan fingerprint density at radius 2 is 2.00 bits per heavy atom. The van der Waals surface area contributed by atoms with Gasteiger partial charge in [0.05, 0.1) is 4.91 Å². The minimum Gasteiger partial charge on any atom is -0.456 e. The first-order valence-corrected chi connectivity index (χ1v) is 10.9. The first-order chi connectivity index (χ1) is 14.7. The van der Waals surface area contributed by atoms with E-state index in [1.165, 1.54) is 24.8 Å². The lowest BCUT2D eigenvalue weighted by molar-refractivity contribution is -0.115. The highest BCUT2D eigenvalue weighted by atomic mass is 32.2. The highest BCUT2D eigenvalue weighted by Gasteiger charge is 2.25. The molecule has 7 heteroatoms. The Kier molecular flexibility index (Phi) is 5.14. The summed E-state index contributed by atoms with van der Waals surface area (Å²) < 4.78 is 6.06. The van der Waals surface area contributed by atoms with E-state index in [0.717, 1.165) is 53.5 Å². The van der Waals surface area contributed by atoms with Crippen molar-refractivity contribution in [3.05, 3.63) is 59.0 Å². The van der Waals surface area contributed by atoms with Crippen LogP contribution in [0.1, 0.15) is 30.6 Å². The Balaban J connectivity index is 1.47. The molecule has 0 atom stereocenters. The summed E-state index contributed by atoms with van der Waals surface area (Å²) in [6, 6.07) is 10.3. The monoisotopic (exact) mass is 419 g/mol. The van der Waals surface area contributed by atoms with Gasteiger partial charge in [-0.05, 0) is 61.0 Å². The summed E-state index contributed by atoms with van der Waals surface area (Å²) in [5.74, 6) is 0.130. The predicted molar refractivity (Wildman–Crippen MR) is 118 cm³/mol. The molecular weight excluding hydrogens is 398 g/mol. The molecule has 6 nitrogen and oxygen atoms in total. The molecule has 30 heavy (non-hydrogen) atoms. The lowest BCUT2D eigenvalue weighted by Gasteiger charge is -2.26. The minimum absolute atomic E-state index is 0.331. The van der Waals surface area contributed by atoms with Gasteiger partial charge in [0.1, 0.15) is 11.3 Å². The van der Waals surface area contributed by atoms with Gasteiger partial charge in [-0.1, -0.05) is 24.6 Å². The number of rotatable bonds is 4. The van der Waals surface area contributed by atoms with E-state index >= 15 is 0 Å². The van der Waals surface area contributed by atoms with Gasteiger partial charge in [-0.25, -0.2) is 0 Å². The molecule has 0 aliphatic carbocycles. The van der Waals surface area contributed by atoms with Crippen LogP contribution in [-0.4, -0.2) is 34.1 Å². The third-order valence-electron chi connectivity index (χ3n) is 5.45. The van der Waals surface area contributed by atoms with E-state index < -0.39 is 5.91 Å². The second-order valence-corrected chi connectivity index (χ2v) is 8.66. The lowest BCUT2D eigenvalue weighted by Crippen LogP contribution is -2.29. The summed E-state index contributed by atoms with van der Waals surface area (Å²) >= 11 is 0.879. The summed E-state index contributed by atoms with van der Waals surface area (Å²) in [4.78, 5) is 30.4. The van der Waals surface area contributed by atoms with Crippen LogP contribution in [0.4, 0.5) is 4.79 Å². The fourth-order valence-corrected chi connectivity index (χ4v) is 4.68. The molecule has 0 bridgehead atoms. The molecule has 2 aromatic heterocycles. The van der Waals surface area contributed by atoms with Crippen molar-refractivity contribution in [3.8, 4) is 11.1 Å². The summed E-state index contributed by atoms with van der Waals surface area (Å²) in [5.41, 5.74) is 3.97. The average molecular weight is 420 g/mol. The van der Waals surface area contributed by atoms with Crippen molar-refractivity contribution >= 4 is 40.0 Å². The smallest absolute Gasteiger partial charge is 0.290 e. The number of amides is 2. The number of imide groups is 1. The highest BCUT2D eigenvalue weighted by Crippen LogP contribution is 2.33. The lowest BCUT2D eigenvalue weighted by atomic mass is 10.0. The van der Waals surface area contributed by atoms with Gasteiger partial charge in [-0.2, -0.15) is 0 Å². The Bertz CT molecular complexity index is 1160. The van der Waals surface area contributed by atoms with E-state index in [1.54, 1.807) is 12.3 Å². The largest absolute Gasteiger partial charge is 0.456 e. The predicted octanol–water partition coefficient (Wildman–Crippen LogP) is 4.80. The SMILES string of the molecule is O=C1NC(=O)C(=Cc2cc3cncc(-c4cccc(CN5CCCCC5)c4)c3o2)S1. The van der Waals surface area contributed by atoms with Gasteiger partial charge in [0.25, 0.3) is 11.1 Å². The summed E-state index contributed by atoms with van der Waals surface area (Å²) in [6.07, 6.45) is 9.03. The molecule has 5 rings (SSSR count). The van der Waals surface area contributed by atoms with Crippen molar-refractivity contribution in [2.75, 3.05) is 13.1 Å². The molecule has 2 aliphatic rings. The maximum atomic E-state index is 11.8. The van der Waals surface area contributed by atoms with Gasteiger partial charge in [0, 0.05) is 36.0 Å². The zero-order valence-electron chi connectivity index (χ0n) is 16.4. The van der Waals surface area contributed by atoms with Crippen LogP contribution in [0.3, 0.4) is 0 Å². The standard InChI is InChI=1S/C23H21N3O3S/c27-22-20(30-23(28)25-22)11-18-10-17-12-24-13-19(21(17)29-18)16-6-4-5-15(9-16)14-26-7-2-1-3-8-26/h4-6,9-13H,1-3,7-8,14H2,(H,25,27,28). The Hall–Kier alpha value is -2.90. The van der Waals surface area contributed by atoms with Gasteiger partial charge in [-0.15, -0.1) is 0 Å². The molecule has 0 spiro atoms. The first-order valence-electron chi connectivity index (χ1n) is 10.1. The number of nitrogens with zero attached hydrogens (tertiary/aromatic N) is 2. The quantitative estimate of drug-likeness (QED) is 0.612. The van der Waals surface area contributed by atoms with Gasteiger partial charge in [0.15, 0.2) is 0 Å². The van der Waals surface area contributed by atoms with Crippen molar-refractivity contribution < 1.29 is 14.0 Å². The van der Waals surface area contributed by atoms with E-state index in [0.29, 0.717) is 10.7 Å². The van der Waals surface area contributed by atoms with Crippen molar-refractivity contribution in [1.82, 2.24) is 15.2 Å². The van der Waals surface area contributed by atoms with E-state index in [4.69, 9.17) is 4.42 Å². The van der Waals surface area contributed by atoms with E-state index in [9.17, 15) is 9.59 Å². The summed E-state index contributed by atoms with van der Waals surface area (Å²) in [5, 5.41) is 2.75. The number of carbonyl (C=O) groups is 2. The van der Waals surface area contributed by atoms with Crippen LogP contribution in [-0.2, 0) is 11.3 Å². The van der Waals surface area contributed by atoms with Crippen molar-refractivity contribution in [2.24, 2.45) is 0 Å². The van der Waals surface area contributed by atoms with Gasteiger partial charge in [-0.3, -0.25) is 24.8 Å². The van der Waals surface area contributed by atoms with E-state index in [1.807, 2.05) is 12.3 Å². The molecule has 152 valence electrons. The third kappa shape index (κ3) is 3.91. The molecule has 4 heterocycles. The van der Waals surface area contributed by atoms with Crippen LogP contribution in [0, 0.1) is 0 Å². The molecule has 2 aliphatic heterocycles. The number of fused-ring (bicyclic) bond motifs is 1. The molecular formula is C23H21N3O3S. The normalized spacial score (nSPS) is 19.0. The number of hydrogen-bond donors (Lipinski definition) is 1. The summed E-state index contributed by atoms with van der Waals surface area (Å²) in [6.45, 7) is 3.27. The molecule has 1 aromatic carbocycles. The number of pyridine rings is 1. The van der Waals surface area contributed by atoms with Gasteiger partial charge >= 0.3 is 0 Å². The molecule has 2 saturated heterocycles. The number of thioether (sulfide) groups is 1. The van der Waals surface area contributed by atoms with Crippen LogP contribution in [0.25, 0.3) is 28.2 Å². The maximum Gasteiger partial charge on any atom is 0.290 e. The van der Waals surface area contributed by atoms with Gasteiger partial charge < -0.3 is 4.42 Å². The fraction of sp³-hybridized carbons (Fsp3) is 0.261. The molecule has 2 amide bonds. The number of benzene rings is 1. The van der Waals surface area contributed by atoms with E-state index in [2.05, 4.69) is 39.5 Å². The number of nitrogens with one attached hydrogen (secondary N) is 1. The van der Waals surface area contributed by atoms with Crippen molar-refractivity contribution in [3.63, 3.8) is 0 Å². The maximum absolute atomic E-state index is 11.8. The molecule has 0 radical (unpaired) electrons. The van der Waals surface area contributed by atoms with Crippen LogP contribution < -0.4 is 5.32 Å². The third-order valence-corrected chi connectivity index (χ3v) is 6.26. The molecule has 1 N–H and O–H groups in total. The number of likely N-dealkylation sites (tertiary alicyclic amines) is 1. The number of carbonyl (C=O) groups excluding carboxylic acids is 2. The van der Waals surface area contributed by atoms with Crippen molar-refractivity contribution in [2.45, 2.75) is 25.8 Å². The second-order valence-electron chi connectivity index (χ2n) is 7.64. The Labute approximate surface area is 178 Å². The average Bonchev–Trinajstić information content (AvgIpc) is 3.30. The number of piperidine rings is 1. The number of furan rings is 1. The first kappa shape index (κ1) is 19.1. The van der Waals surface area contributed by atoms with Crippen LogP contribution in [0.15, 0.2) is 52.0 Å². The van der Waals surface area contributed by atoms with Crippen LogP contribution in [0.2, 0.25) is 0 Å². The number of aromatic nitrogens is 1. The minimum atomic E-state index is -0.394. The molecule has 0 unspecified atom stereocenters. The Morgan fingerprint density at radius 3 is 2.80 bits per heavy atom. The molecule has 2 fully saturated rings. The fourth-order valence-electron chi connectivity index (χ4n) is 4.02. The topological polar surface area (TPSA) is 75.4 Å². The van der Waals surface area contributed by atoms with Crippen molar-refractivity contribution in [1.29, 1.82) is 0 Å². The summed E-state index contributed by atoms with van der Waals surface area (Å²) in [7, 11) is 0. The van der Waals surface area contributed by atoms with Crippen LogP contribution in [0.5, 0.6) is 0 Å². The second kappa shape index (κ2) is 8.08. The molecule has 3 aromatic rings. The molecule has 0 saturated carbocycles. The number of hydrogen-bond acceptors (Lipinski definition) is 6. The zero-order valence-corrected chi connectivity index (χ0v) is 17.2. The van der Waals surface area contributed by atoms with E-state index in [-0.39, 0.29) is 5.24 Å². The Morgan fingerprint density at radius 1 is 1.13 bits per heavy atom. The van der Waals surface area contributed by atoms with Crippen LogP contribution >= 0.6 is 11.8 Å². The zero-order chi connectivity index (χ0) is 20.5. The highest BCUT2D eigenvalue weighted by molar-refractivity contribution is 8.18. The van der Waals surface area contributed by atoms with Gasteiger partial charge in [0.2, 0.25) is 0 Å².